The van der Waals surface area contributed by atoms with Crippen LogP contribution in [0.25, 0.3) is 0 Å². The highest BCUT2D eigenvalue weighted by Gasteiger charge is 2.42. The molecule has 2 heterocycles. The second-order valence-electron chi connectivity index (χ2n) is 11.3. The quantitative estimate of drug-likeness (QED) is 0.427. The van der Waals surface area contributed by atoms with Crippen LogP contribution in [-0.2, 0) is 38.2 Å². The van der Waals surface area contributed by atoms with Crippen molar-refractivity contribution in [2.45, 2.75) is 90.6 Å². The number of ether oxygens (including phenoxy) is 2. The van der Waals surface area contributed by atoms with E-state index in [1.165, 1.54) is 35.9 Å². The minimum absolute atomic E-state index is 0.0741. The van der Waals surface area contributed by atoms with Gasteiger partial charge in [-0.2, -0.15) is 0 Å². The van der Waals surface area contributed by atoms with Crippen LogP contribution in [0.3, 0.4) is 0 Å². The van der Waals surface area contributed by atoms with Crippen molar-refractivity contribution in [3.05, 3.63) is 0 Å². The van der Waals surface area contributed by atoms with Crippen LogP contribution in [0.1, 0.15) is 60.3 Å². The number of methoxy groups -OCH3 is 1. The van der Waals surface area contributed by atoms with Crippen molar-refractivity contribution >= 4 is 35.5 Å². The largest absolute Gasteiger partial charge is 0.450 e. The lowest BCUT2D eigenvalue weighted by Crippen LogP contribution is -2.61. The maximum absolute atomic E-state index is 13.9. The van der Waals surface area contributed by atoms with Crippen LogP contribution in [0.15, 0.2) is 0 Å². The number of cyclic esters (lactones) is 1. The van der Waals surface area contributed by atoms with Gasteiger partial charge in [0.25, 0.3) is 5.91 Å². The second-order valence-corrected chi connectivity index (χ2v) is 11.3. The Morgan fingerprint density at radius 2 is 1.63 bits per heavy atom. The fraction of sp³-hybridized carbons (Fsp3) is 0.786. The lowest BCUT2D eigenvalue weighted by atomic mass is 9.94. The van der Waals surface area contributed by atoms with Gasteiger partial charge in [0.2, 0.25) is 29.7 Å². The van der Waals surface area contributed by atoms with Crippen molar-refractivity contribution in [3.8, 4) is 0 Å². The fourth-order valence-corrected chi connectivity index (χ4v) is 5.21. The number of nitrogens with zero attached hydrogens (tertiary/aromatic N) is 3. The standard InChI is InChI=1S/C28H47N5O8/c1-9-17(4)22-27(38)32(7)23(16(2)3)28(39)31(6)18(5)24(35)29-13-12-21(34)41-20(15-40-8)26(37)33-14-10-11-19(33)25(36)30-22/h16-20,22-23H,9-15H2,1-8H3,(H,29,35)(H,30,36)/t17-,18-,19-,20?,22-,23-/m0/s1. The molecule has 0 saturated carbocycles. The summed E-state index contributed by atoms with van der Waals surface area (Å²) in [5.74, 6) is -3.71. The molecule has 2 N–H and O–H groups in total. The van der Waals surface area contributed by atoms with E-state index in [4.69, 9.17) is 9.47 Å². The van der Waals surface area contributed by atoms with Gasteiger partial charge in [-0.15, -0.1) is 0 Å². The molecule has 13 nitrogen and oxygen atoms in total. The zero-order valence-electron chi connectivity index (χ0n) is 25.6. The van der Waals surface area contributed by atoms with Gasteiger partial charge < -0.3 is 34.8 Å². The molecule has 0 aromatic rings. The first-order valence-corrected chi connectivity index (χ1v) is 14.4. The summed E-state index contributed by atoms with van der Waals surface area (Å²) in [7, 11) is 4.38. The lowest BCUT2D eigenvalue weighted by molar-refractivity contribution is -0.164. The van der Waals surface area contributed by atoms with Gasteiger partial charge >= 0.3 is 5.97 Å². The Labute approximate surface area is 242 Å². The lowest BCUT2D eigenvalue weighted by Gasteiger charge is -2.38. The fourth-order valence-electron chi connectivity index (χ4n) is 5.21. The molecule has 2 fully saturated rings. The third kappa shape index (κ3) is 8.17. The molecule has 0 spiro atoms. The Balaban J connectivity index is 2.52. The maximum atomic E-state index is 13.9. The van der Waals surface area contributed by atoms with E-state index in [1.54, 1.807) is 20.8 Å². The number of fused-ring (bicyclic) bond motifs is 1. The van der Waals surface area contributed by atoms with Crippen molar-refractivity contribution in [2.24, 2.45) is 11.8 Å². The van der Waals surface area contributed by atoms with Crippen LogP contribution in [0.2, 0.25) is 0 Å². The van der Waals surface area contributed by atoms with Crippen molar-refractivity contribution in [3.63, 3.8) is 0 Å². The Kier molecular flexibility index (Phi) is 12.5. The molecule has 0 bridgehead atoms. The third-order valence-corrected chi connectivity index (χ3v) is 8.07. The number of rotatable bonds is 5. The minimum Gasteiger partial charge on any atom is -0.450 e. The Bertz CT molecular complexity index is 989. The Morgan fingerprint density at radius 1 is 0.976 bits per heavy atom. The minimum atomic E-state index is -1.27. The third-order valence-electron chi connectivity index (χ3n) is 8.07. The number of carbonyl (C=O) groups excluding carboxylic acids is 6. The monoisotopic (exact) mass is 581 g/mol. The van der Waals surface area contributed by atoms with E-state index in [0.29, 0.717) is 19.3 Å². The first kappa shape index (κ1) is 34.0. The molecule has 0 aromatic carbocycles. The molecule has 0 radical (unpaired) electrons. The number of nitrogens with one attached hydrogen (secondary N) is 2. The number of hydrogen-bond donors (Lipinski definition) is 2. The average molecular weight is 582 g/mol. The highest BCUT2D eigenvalue weighted by molar-refractivity contribution is 5.96. The zero-order valence-corrected chi connectivity index (χ0v) is 25.6. The maximum Gasteiger partial charge on any atom is 0.308 e. The summed E-state index contributed by atoms with van der Waals surface area (Å²) in [4.78, 5) is 83.9. The van der Waals surface area contributed by atoms with Gasteiger partial charge in [0, 0.05) is 34.3 Å². The summed E-state index contributed by atoms with van der Waals surface area (Å²) in [6.45, 7) is 8.89. The molecular formula is C28H47N5O8. The van der Waals surface area contributed by atoms with E-state index in [-0.39, 0.29) is 38.0 Å². The second kappa shape index (κ2) is 15.1. The smallest absolute Gasteiger partial charge is 0.308 e. The summed E-state index contributed by atoms with van der Waals surface area (Å²) >= 11 is 0. The molecule has 5 amide bonds. The highest BCUT2D eigenvalue weighted by atomic mass is 16.6. The summed E-state index contributed by atoms with van der Waals surface area (Å²) in [6, 6.07) is -3.61. The van der Waals surface area contributed by atoms with E-state index in [1.807, 2.05) is 13.8 Å². The summed E-state index contributed by atoms with van der Waals surface area (Å²) in [6.07, 6.45) is 0.0209. The van der Waals surface area contributed by atoms with Gasteiger partial charge in [-0.25, -0.2) is 0 Å². The van der Waals surface area contributed by atoms with Gasteiger partial charge in [-0.1, -0.05) is 34.1 Å². The van der Waals surface area contributed by atoms with E-state index in [2.05, 4.69) is 10.6 Å². The average Bonchev–Trinajstić information content (AvgIpc) is 3.43. The van der Waals surface area contributed by atoms with Crippen LogP contribution in [-0.4, -0.2) is 121 Å². The van der Waals surface area contributed by atoms with Gasteiger partial charge in [-0.05, 0) is 31.6 Å². The Hall–Kier alpha value is -3.22. The Morgan fingerprint density at radius 3 is 2.22 bits per heavy atom. The SMILES string of the molecule is CC[C@H](C)[C@@H]1NC(=O)[C@@H]2CCCN2C(=O)C(COC)OC(=O)CCNC(=O)[C@H](C)N(C)C(=O)[C@H](C(C)C)N(C)C1=O. The van der Waals surface area contributed by atoms with E-state index in [9.17, 15) is 28.8 Å². The predicted octanol–water partition coefficient (Wildman–Crippen LogP) is -0.0837. The van der Waals surface area contributed by atoms with Crippen LogP contribution in [0.5, 0.6) is 0 Å². The van der Waals surface area contributed by atoms with Crippen molar-refractivity contribution in [1.82, 2.24) is 25.3 Å². The molecule has 2 rings (SSSR count). The van der Waals surface area contributed by atoms with Crippen LogP contribution in [0.4, 0.5) is 0 Å². The van der Waals surface area contributed by atoms with Crippen molar-refractivity contribution < 1.29 is 38.2 Å². The normalized spacial score (nSPS) is 28.9. The van der Waals surface area contributed by atoms with Gasteiger partial charge in [-0.3, -0.25) is 28.8 Å². The highest BCUT2D eigenvalue weighted by Crippen LogP contribution is 2.22. The van der Waals surface area contributed by atoms with E-state index >= 15 is 0 Å². The van der Waals surface area contributed by atoms with Crippen LogP contribution in [0, 0.1) is 11.8 Å². The summed E-state index contributed by atoms with van der Waals surface area (Å²) in [5, 5.41) is 5.49. The number of likely N-dealkylation sites (N-methyl/N-ethyl adjacent to an activating group) is 2. The molecule has 2 aliphatic rings. The summed E-state index contributed by atoms with van der Waals surface area (Å²) in [5.41, 5.74) is 0. The molecule has 0 aliphatic carbocycles. The first-order valence-electron chi connectivity index (χ1n) is 14.4. The topological polar surface area (TPSA) is 155 Å². The van der Waals surface area contributed by atoms with Crippen LogP contribution < -0.4 is 10.6 Å². The van der Waals surface area contributed by atoms with Crippen LogP contribution >= 0.6 is 0 Å². The van der Waals surface area contributed by atoms with Gasteiger partial charge in [0.1, 0.15) is 24.2 Å². The molecule has 0 aromatic heterocycles. The number of hydrogen-bond acceptors (Lipinski definition) is 8. The molecule has 41 heavy (non-hydrogen) atoms. The molecule has 6 atom stereocenters. The summed E-state index contributed by atoms with van der Waals surface area (Å²) < 4.78 is 10.5. The van der Waals surface area contributed by atoms with Crippen molar-refractivity contribution in [2.75, 3.05) is 40.9 Å². The van der Waals surface area contributed by atoms with Crippen molar-refractivity contribution in [1.29, 1.82) is 0 Å². The van der Waals surface area contributed by atoms with E-state index in [0.717, 1.165) is 0 Å². The van der Waals surface area contributed by atoms with Gasteiger partial charge in [0.15, 0.2) is 0 Å². The molecule has 2 aliphatic heterocycles. The molecule has 2 saturated heterocycles. The molecule has 232 valence electrons. The number of amides is 5. The number of carbonyl (C=O) groups is 6. The zero-order chi connectivity index (χ0) is 31.0. The predicted molar refractivity (Wildman–Crippen MR) is 149 cm³/mol. The number of esters is 1. The first-order chi connectivity index (χ1) is 19.3. The molecule has 1 unspecified atom stereocenters. The van der Waals surface area contributed by atoms with E-state index < -0.39 is 65.8 Å². The molecule has 13 heteroatoms. The van der Waals surface area contributed by atoms with Gasteiger partial charge in [0.05, 0.1) is 13.0 Å². The molecular weight excluding hydrogens is 534 g/mol.